The minimum atomic E-state index is 0.156. The largest absolute Gasteiger partial charge is 0.395 e. The minimum Gasteiger partial charge on any atom is -0.395 e. The highest BCUT2D eigenvalue weighted by Gasteiger charge is 2.08. The van der Waals surface area contributed by atoms with Gasteiger partial charge in [-0.1, -0.05) is 6.92 Å². The molecule has 0 saturated heterocycles. The number of halogens is 1. The molecule has 0 radical (unpaired) electrons. The average Bonchev–Trinajstić information content (AvgIpc) is 2.18. The van der Waals surface area contributed by atoms with E-state index in [1.807, 2.05) is 12.1 Å². The van der Waals surface area contributed by atoms with Gasteiger partial charge in [0.15, 0.2) is 0 Å². The van der Waals surface area contributed by atoms with Crippen LogP contribution in [-0.2, 0) is 0 Å². The summed E-state index contributed by atoms with van der Waals surface area (Å²) in [4.78, 5) is 6.36. The Morgan fingerprint density at radius 1 is 1.50 bits per heavy atom. The molecule has 78 valence electrons. The highest BCUT2D eigenvalue weighted by atomic mass is 79.9. The lowest BCUT2D eigenvalue weighted by Crippen LogP contribution is -2.28. The van der Waals surface area contributed by atoms with Gasteiger partial charge >= 0.3 is 0 Å². The summed E-state index contributed by atoms with van der Waals surface area (Å²) in [6.45, 7) is 3.81. The second-order valence-corrected chi connectivity index (χ2v) is 3.87. The molecule has 1 rings (SSSR count). The van der Waals surface area contributed by atoms with Crippen LogP contribution in [0.2, 0.25) is 0 Å². The number of anilines is 1. The zero-order chi connectivity index (χ0) is 10.4. The first kappa shape index (κ1) is 11.5. The Morgan fingerprint density at radius 2 is 2.29 bits per heavy atom. The molecule has 0 spiro atoms. The lowest BCUT2D eigenvalue weighted by atomic mass is 10.3. The number of aliphatic hydroxyl groups excluding tert-OH is 1. The summed E-state index contributed by atoms with van der Waals surface area (Å²) in [6, 6.07) is 3.85. The van der Waals surface area contributed by atoms with Gasteiger partial charge in [-0.3, -0.25) is 0 Å². The number of pyridine rings is 1. The second-order valence-electron chi connectivity index (χ2n) is 3.02. The Kier molecular flexibility index (Phi) is 4.90. The van der Waals surface area contributed by atoms with Gasteiger partial charge in [0.05, 0.1) is 11.1 Å². The topological polar surface area (TPSA) is 36.4 Å². The fraction of sp³-hybridized carbons (Fsp3) is 0.500. The molecule has 0 amide bonds. The van der Waals surface area contributed by atoms with Crippen LogP contribution in [0.15, 0.2) is 22.8 Å². The second kappa shape index (κ2) is 5.98. The Balaban J connectivity index is 2.81. The van der Waals surface area contributed by atoms with E-state index in [1.54, 1.807) is 6.20 Å². The van der Waals surface area contributed by atoms with Crippen LogP contribution in [0.3, 0.4) is 0 Å². The lowest BCUT2D eigenvalue weighted by molar-refractivity contribution is 0.301. The van der Waals surface area contributed by atoms with E-state index in [4.69, 9.17) is 5.11 Å². The third-order valence-electron chi connectivity index (χ3n) is 1.90. The molecule has 0 aliphatic carbocycles. The first-order chi connectivity index (χ1) is 6.79. The van der Waals surface area contributed by atoms with E-state index in [1.165, 1.54) is 0 Å². The molecule has 0 saturated carbocycles. The van der Waals surface area contributed by atoms with Crippen molar-refractivity contribution in [2.24, 2.45) is 0 Å². The molecule has 0 bridgehead atoms. The van der Waals surface area contributed by atoms with Gasteiger partial charge in [-0.2, -0.15) is 0 Å². The number of aliphatic hydroxyl groups is 1. The predicted octanol–water partition coefficient (Wildman–Crippen LogP) is 2.05. The first-order valence-corrected chi connectivity index (χ1v) is 5.55. The lowest BCUT2D eigenvalue weighted by Gasteiger charge is -2.22. The summed E-state index contributed by atoms with van der Waals surface area (Å²) in [5, 5.41) is 8.93. The molecule has 1 heterocycles. The van der Waals surface area contributed by atoms with Gasteiger partial charge < -0.3 is 10.0 Å². The van der Waals surface area contributed by atoms with E-state index >= 15 is 0 Å². The smallest absolute Gasteiger partial charge is 0.142 e. The summed E-state index contributed by atoms with van der Waals surface area (Å²) in [5.74, 6) is 0.906. The molecular weight excluding hydrogens is 244 g/mol. The maximum atomic E-state index is 8.93. The van der Waals surface area contributed by atoms with Gasteiger partial charge in [-0.05, 0) is 34.5 Å². The Morgan fingerprint density at radius 3 is 2.86 bits per heavy atom. The van der Waals surface area contributed by atoms with E-state index in [0.29, 0.717) is 6.54 Å². The van der Waals surface area contributed by atoms with Crippen LogP contribution in [-0.4, -0.2) is 29.8 Å². The zero-order valence-electron chi connectivity index (χ0n) is 8.28. The molecule has 14 heavy (non-hydrogen) atoms. The van der Waals surface area contributed by atoms with Gasteiger partial charge in [-0.15, -0.1) is 0 Å². The Hall–Kier alpha value is -0.610. The zero-order valence-corrected chi connectivity index (χ0v) is 9.87. The Labute approximate surface area is 92.9 Å². The number of aromatic nitrogens is 1. The highest BCUT2D eigenvalue weighted by Crippen LogP contribution is 2.22. The van der Waals surface area contributed by atoms with E-state index in [0.717, 1.165) is 23.3 Å². The van der Waals surface area contributed by atoms with Gasteiger partial charge in [0.2, 0.25) is 0 Å². The maximum Gasteiger partial charge on any atom is 0.142 e. The molecule has 3 nitrogen and oxygen atoms in total. The summed E-state index contributed by atoms with van der Waals surface area (Å²) in [6.07, 6.45) is 2.81. The van der Waals surface area contributed by atoms with E-state index in [9.17, 15) is 0 Å². The minimum absolute atomic E-state index is 0.156. The number of nitrogens with zero attached hydrogens (tertiary/aromatic N) is 2. The van der Waals surface area contributed by atoms with E-state index < -0.39 is 0 Å². The third kappa shape index (κ3) is 2.96. The van der Waals surface area contributed by atoms with Crippen molar-refractivity contribution in [2.75, 3.05) is 24.6 Å². The van der Waals surface area contributed by atoms with Gasteiger partial charge in [0.1, 0.15) is 5.82 Å². The molecular formula is C10H15BrN2O. The van der Waals surface area contributed by atoms with Gasteiger partial charge in [0.25, 0.3) is 0 Å². The van der Waals surface area contributed by atoms with Crippen molar-refractivity contribution in [1.82, 2.24) is 4.98 Å². The maximum absolute atomic E-state index is 8.93. The van der Waals surface area contributed by atoms with Crippen LogP contribution in [0.1, 0.15) is 13.3 Å². The number of hydrogen-bond acceptors (Lipinski definition) is 3. The average molecular weight is 259 g/mol. The van der Waals surface area contributed by atoms with Crippen LogP contribution >= 0.6 is 15.9 Å². The van der Waals surface area contributed by atoms with Crippen LogP contribution < -0.4 is 4.90 Å². The van der Waals surface area contributed by atoms with Crippen molar-refractivity contribution in [3.8, 4) is 0 Å². The summed E-state index contributed by atoms with van der Waals surface area (Å²) >= 11 is 3.45. The molecule has 1 aromatic rings. The molecule has 4 heteroatoms. The Bertz CT molecular complexity index is 275. The van der Waals surface area contributed by atoms with E-state index in [-0.39, 0.29) is 6.61 Å². The van der Waals surface area contributed by atoms with Crippen molar-refractivity contribution in [2.45, 2.75) is 13.3 Å². The van der Waals surface area contributed by atoms with Crippen molar-refractivity contribution in [3.63, 3.8) is 0 Å². The molecule has 0 unspecified atom stereocenters. The molecule has 0 aliphatic heterocycles. The highest BCUT2D eigenvalue weighted by molar-refractivity contribution is 9.10. The van der Waals surface area contributed by atoms with Crippen molar-refractivity contribution in [3.05, 3.63) is 22.8 Å². The SMILES string of the molecule is CCCN(CCO)c1ncccc1Br. The molecule has 1 N–H and O–H groups in total. The third-order valence-corrected chi connectivity index (χ3v) is 2.52. The molecule has 1 aromatic heterocycles. The molecule has 0 atom stereocenters. The van der Waals surface area contributed by atoms with Gasteiger partial charge in [-0.25, -0.2) is 4.98 Å². The molecule has 0 aromatic carbocycles. The number of hydrogen-bond donors (Lipinski definition) is 1. The monoisotopic (exact) mass is 258 g/mol. The van der Waals surface area contributed by atoms with Crippen molar-refractivity contribution in [1.29, 1.82) is 0 Å². The quantitative estimate of drug-likeness (QED) is 0.879. The van der Waals surface area contributed by atoms with Crippen LogP contribution in [0.5, 0.6) is 0 Å². The first-order valence-electron chi connectivity index (χ1n) is 4.76. The van der Waals surface area contributed by atoms with Gasteiger partial charge in [0, 0.05) is 19.3 Å². The summed E-state index contributed by atoms with van der Waals surface area (Å²) in [7, 11) is 0. The fourth-order valence-electron chi connectivity index (χ4n) is 1.32. The fourth-order valence-corrected chi connectivity index (χ4v) is 1.83. The summed E-state index contributed by atoms with van der Waals surface area (Å²) < 4.78 is 0.974. The molecule has 0 fully saturated rings. The standard InChI is InChI=1S/C10H15BrN2O/c1-2-6-13(7-8-14)10-9(11)4-3-5-12-10/h3-5,14H,2,6-8H2,1H3. The number of rotatable bonds is 5. The van der Waals surface area contributed by atoms with Crippen molar-refractivity contribution < 1.29 is 5.11 Å². The molecule has 0 aliphatic rings. The summed E-state index contributed by atoms with van der Waals surface area (Å²) in [5.41, 5.74) is 0. The predicted molar refractivity (Wildman–Crippen MR) is 61.5 cm³/mol. The normalized spacial score (nSPS) is 10.2. The van der Waals surface area contributed by atoms with Crippen LogP contribution in [0, 0.1) is 0 Å². The van der Waals surface area contributed by atoms with Crippen molar-refractivity contribution >= 4 is 21.7 Å². The van der Waals surface area contributed by atoms with E-state index in [2.05, 4.69) is 32.7 Å². The van der Waals surface area contributed by atoms with Crippen LogP contribution in [0.25, 0.3) is 0 Å². The van der Waals surface area contributed by atoms with Crippen LogP contribution in [0.4, 0.5) is 5.82 Å².